The van der Waals surface area contributed by atoms with E-state index in [1.807, 2.05) is 6.92 Å². The van der Waals surface area contributed by atoms with Crippen LogP contribution in [0.15, 0.2) is 18.2 Å². The van der Waals surface area contributed by atoms with E-state index >= 15 is 0 Å². The van der Waals surface area contributed by atoms with Gasteiger partial charge < -0.3 is 10.5 Å². The summed E-state index contributed by atoms with van der Waals surface area (Å²) >= 11 is 5.96. The predicted octanol–water partition coefficient (Wildman–Crippen LogP) is 2.43. The molecule has 0 bridgehead atoms. The second kappa shape index (κ2) is 7.29. The molecule has 0 fully saturated rings. The number of benzene rings is 1. The first-order chi connectivity index (χ1) is 9.22. The Bertz CT molecular complexity index is 541. The molecule has 0 spiro atoms. The van der Waals surface area contributed by atoms with Crippen LogP contribution in [0, 0.1) is 0 Å². The van der Waals surface area contributed by atoms with Crippen molar-refractivity contribution in [3.8, 4) is 5.75 Å². The molecule has 4 nitrogen and oxygen atoms in total. The Morgan fingerprint density at radius 1 is 1.30 bits per heavy atom. The van der Waals surface area contributed by atoms with Gasteiger partial charge in [-0.2, -0.15) is 0 Å². The van der Waals surface area contributed by atoms with Gasteiger partial charge in [-0.3, -0.25) is 0 Å². The molecule has 0 aromatic heterocycles. The highest BCUT2D eigenvalue weighted by atomic mass is 35.5. The van der Waals surface area contributed by atoms with Crippen LogP contribution in [0.5, 0.6) is 5.75 Å². The summed E-state index contributed by atoms with van der Waals surface area (Å²) in [4.78, 5) is 0. The van der Waals surface area contributed by atoms with Gasteiger partial charge in [-0.25, -0.2) is 8.42 Å². The molecular weight excluding hydrogens is 298 g/mol. The van der Waals surface area contributed by atoms with Crippen LogP contribution in [0.2, 0.25) is 5.02 Å². The molecule has 1 unspecified atom stereocenters. The Hall–Kier alpha value is -0.780. The maximum absolute atomic E-state index is 11.7. The van der Waals surface area contributed by atoms with E-state index in [1.54, 1.807) is 32.0 Å². The lowest BCUT2D eigenvalue weighted by molar-refractivity contribution is 0.336. The average molecular weight is 320 g/mol. The molecule has 0 aliphatic heterocycles. The largest absolute Gasteiger partial charge is 0.492 e. The molecule has 20 heavy (non-hydrogen) atoms. The smallest absolute Gasteiger partial charge is 0.155 e. The molecule has 1 atom stereocenters. The third-order valence-electron chi connectivity index (χ3n) is 2.91. The van der Waals surface area contributed by atoms with Gasteiger partial charge in [0.05, 0.1) is 11.0 Å². The highest BCUT2D eigenvalue weighted by Crippen LogP contribution is 2.24. The second-order valence-electron chi connectivity index (χ2n) is 5.20. The lowest BCUT2D eigenvalue weighted by Gasteiger charge is -2.14. The molecular formula is C14H22ClNO3S. The molecule has 1 rings (SSSR count). The SMILES string of the molecule is CC(N)Cc1cc(Cl)ccc1OCCS(=O)(=O)C(C)C. The molecule has 0 saturated heterocycles. The molecule has 0 saturated carbocycles. The fraction of sp³-hybridized carbons (Fsp3) is 0.571. The van der Waals surface area contributed by atoms with Crippen LogP contribution in [-0.2, 0) is 16.3 Å². The minimum atomic E-state index is -3.09. The standard InChI is InChI=1S/C14H22ClNO3S/c1-10(2)20(17,18)7-6-19-14-5-4-13(15)9-12(14)8-11(3)16/h4-5,9-11H,6-8,16H2,1-3H3. The van der Waals surface area contributed by atoms with Crippen molar-refractivity contribution < 1.29 is 13.2 Å². The van der Waals surface area contributed by atoms with Crippen LogP contribution in [0.25, 0.3) is 0 Å². The molecule has 0 amide bonds. The third-order valence-corrected chi connectivity index (χ3v) is 5.32. The molecule has 0 aliphatic carbocycles. The van der Waals surface area contributed by atoms with Gasteiger partial charge in [-0.05, 0) is 51.0 Å². The van der Waals surface area contributed by atoms with E-state index < -0.39 is 9.84 Å². The van der Waals surface area contributed by atoms with Crippen molar-refractivity contribution in [2.45, 2.75) is 38.5 Å². The molecule has 114 valence electrons. The summed E-state index contributed by atoms with van der Waals surface area (Å²) in [6, 6.07) is 5.26. The summed E-state index contributed by atoms with van der Waals surface area (Å²) in [6.45, 7) is 5.36. The minimum absolute atomic E-state index is 0.00487. The number of ether oxygens (including phenoxy) is 1. The highest BCUT2D eigenvalue weighted by molar-refractivity contribution is 7.91. The van der Waals surface area contributed by atoms with Gasteiger partial charge in [0.15, 0.2) is 9.84 Å². The van der Waals surface area contributed by atoms with Crippen LogP contribution >= 0.6 is 11.6 Å². The monoisotopic (exact) mass is 319 g/mol. The fourth-order valence-corrected chi connectivity index (χ4v) is 2.68. The van der Waals surface area contributed by atoms with Crippen LogP contribution in [0.3, 0.4) is 0 Å². The van der Waals surface area contributed by atoms with E-state index in [0.717, 1.165) is 5.56 Å². The first kappa shape index (κ1) is 17.3. The van der Waals surface area contributed by atoms with Crippen molar-refractivity contribution >= 4 is 21.4 Å². The normalized spacial score (nSPS) is 13.5. The second-order valence-corrected chi connectivity index (χ2v) is 8.31. The first-order valence-electron chi connectivity index (χ1n) is 6.60. The van der Waals surface area contributed by atoms with Crippen LogP contribution in [0.1, 0.15) is 26.3 Å². The molecule has 6 heteroatoms. The lowest BCUT2D eigenvalue weighted by Crippen LogP contribution is -2.22. The zero-order valence-electron chi connectivity index (χ0n) is 12.1. The van der Waals surface area contributed by atoms with Crippen molar-refractivity contribution in [2.24, 2.45) is 5.73 Å². The number of hydrogen-bond donors (Lipinski definition) is 1. The Morgan fingerprint density at radius 3 is 2.50 bits per heavy atom. The maximum Gasteiger partial charge on any atom is 0.155 e. The average Bonchev–Trinajstić information content (AvgIpc) is 2.30. The van der Waals surface area contributed by atoms with Crippen LogP contribution in [0.4, 0.5) is 0 Å². The lowest BCUT2D eigenvalue weighted by atomic mass is 10.1. The van der Waals surface area contributed by atoms with Crippen molar-refractivity contribution in [3.63, 3.8) is 0 Å². The van der Waals surface area contributed by atoms with E-state index in [1.165, 1.54) is 0 Å². The Balaban J connectivity index is 2.73. The van der Waals surface area contributed by atoms with E-state index in [2.05, 4.69) is 0 Å². The van der Waals surface area contributed by atoms with Crippen molar-refractivity contribution in [1.82, 2.24) is 0 Å². The first-order valence-corrected chi connectivity index (χ1v) is 8.70. The highest BCUT2D eigenvalue weighted by Gasteiger charge is 2.16. The van der Waals surface area contributed by atoms with E-state index in [-0.39, 0.29) is 23.7 Å². The molecule has 1 aromatic carbocycles. The summed E-state index contributed by atoms with van der Waals surface area (Å²) < 4.78 is 29.0. The minimum Gasteiger partial charge on any atom is -0.492 e. The van der Waals surface area contributed by atoms with Crippen molar-refractivity contribution in [3.05, 3.63) is 28.8 Å². The predicted molar refractivity (Wildman–Crippen MR) is 83.2 cm³/mol. The Kier molecular flexibility index (Phi) is 6.30. The van der Waals surface area contributed by atoms with Gasteiger partial charge in [0, 0.05) is 11.1 Å². The van der Waals surface area contributed by atoms with Crippen molar-refractivity contribution in [2.75, 3.05) is 12.4 Å². The quantitative estimate of drug-likeness (QED) is 0.838. The Labute approximate surface area is 126 Å². The van der Waals surface area contributed by atoms with Crippen LogP contribution in [-0.4, -0.2) is 32.1 Å². The molecule has 1 aromatic rings. The zero-order valence-corrected chi connectivity index (χ0v) is 13.7. The summed E-state index contributed by atoms with van der Waals surface area (Å²) in [5.41, 5.74) is 6.68. The Morgan fingerprint density at radius 2 is 1.95 bits per heavy atom. The molecule has 0 heterocycles. The van der Waals surface area contributed by atoms with Gasteiger partial charge in [0.2, 0.25) is 0 Å². The number of halogens is 1. The number of hydrogen-bond acceptors (Lipinski definition) is 4. The number of nitrogens with two attached hydrogens (primary N) is 1. The summed E-state index contributed by atoms with van der Waals surface area (Å²) in [5, 5.41) is 0.225. The third kappa shape index (κ3) is 5.31. The van der Waals surface area contributed by atoms with Crippen molar-refractivity contribution in [1.29, 1.82) is 0 Å². The van der Waals surface area contributed by atoms with E-state index in [0.29, 0.717) is 17.2 Å². The van der Waals surface area contributed by atoms with Gasteiger partial charge in [0.25, 0.3) is 0 Å². The topological polar surface area (TPSA) is 69.4 Å². The number of sulfone groups is 1. The maximum atomic E-state index is 11.7. The van der Waals surface area contributed by atoms with E-state index in [9.17, 15) is 8.42 Å². The summed E-state index contributed by atoms with van der Waals surface area (Å²) in [7, 11) is -3.09. The van der Waals surface area contributed by atoms with Crippen LogP contribution < -0.4 is 10.5 Å². The van der Waals surface area contributed by atoms with Gasteiger partial charge in [-0.1, -0.05) is 11.6 Å². The zero-order chi connectivity index (χ0) is 15.3. The van der Waals surface area contributed by atoms with Gasteiger partial charge in [-0.15, -0.1) is 0 Å². The molecule has 2 N–H and O–H groups in total. The summed E-state index contributed by atoms with van der Waals surface area (Å²) in [6.07, 6.45) is 0.632. The molecule has 0 radical (unpaired) electrons. The van der Waals surface area contributed by atoms with Gasteiger partial charge >= 0.3 is 0 Å². The van der Waals surface area contributed by atoms with E-state index in [4.69, 9.17) is 22.1 Å². The summed E-state index contributed by atoms with van der Waals surface area (Å²) in [5.74, 6) is 0.649. The fourth-order valence-electron chi connectivity index (χ4n) is 1.70. The molecule has 0 aliphatic rings. The number of rotatable bonds is 7. The van der Waals surface area contributed by atoms with Gasteiger partial charge in [0.1, 0.15) is 12.4 Å².